The van der Waals surface area contributed by atoms with Gasteiger partial charge in [0.2, 0.25) is 5.91 Å². The fourth-order valence-electron chi connectivity index (χ4n) is 4.30. The number of thiophene rings is 1. The van der Waals surface area contributed by atoms with Gasteiger partial charge >= 0.3 is 0 Å². The summed E-state index contributed by atoms with van der Waals surface area (Å²) < 4.78 is 12.7. The number of methoxy groups -OCH3 is 2. The molecular formula is C26H29N5O3S2. The van der Waals surface area contributed by atoms with Crippen molar-refractivity contribution in [2.75, 3.05) is 25.3 Å². The van der Waals surface area contributed by atoms with E-state index in [1.54, 1.807) is 31.6 Å². The Morgan fingerprint density at radius 1 is 1.22 bits per heavy atom. The lowest BCUT2D eigenvalue weighted by atomic mass is 9.97. The number of anilines is 1. The first-order chi connectivity index (χ1) is 17.6. The van der Waals surface area contributed by atoms with Crippen LogP contribution in [0, 0.1) is 11.3 Å². The number of thioether (sulfide) groups is 1. The zero-order chi connectivity index (χ0) is 25.5. The van der Waals surface area contributed by atoms with Gasteiger partial charge in [0.15, 0.2) is 22.5 Å². The lowest BCUT2D eigenvalue weighted by molar-refractivity contribution is -0.113. The van der Waals surface area contributed by atoms with Crippen molar-refractivity contribution in [3.05, 3.63) is 46.9 Å². The van der Waals surface area contributed by atoms with Crippen molar-refractivity contribution in [1.29, 1.82) is 5.26 Å². The number of fused-ring (bicyclic) bond motifs is 1. The van der Waals surface area contributed by atoms with E-state index in [2.05, 4.69) is 28.2 Å². The van der Waals surface area contributed by atoms with Crippen LogP contribution in [0.5, 0.6) is 11.5 Å². The molecule has 8 nitrogen and oxygen atoms in total. The van der Waals surface area contributed by atoms with E-state index in [-0.39, 0.29) is 11.7 Å². The molecule has 0 bridgehead atoms. The molecule has 4 rings (SSSR count). The maximum absolute atomic E-state index is 12.9. The van der Waals surface area contributed by atoms with Gasteiger partial charge < -0.3 is 14.8 Å². The molecule has 1 aliphatic carbocycles. The minimum atomic E-state index is -0.174. The third kappa shape index (κ3) is 5.58. The summed E-state index contributed by atoms with van der Waals surface area (Å²) in [7, 11) is 3.17. The molecule has 0 spiro atoms. The number of carbonyl (C=O) groups is 1. The van der Waals surface area contributed by atoms with Crippen LogP contribution in [0.1, 0.15) is 41.7 Å². The minimum Gasteiger partial charge on any atom is -0.493 e. The van der Waals surface area contributed by atoms with Crippen LogP contribution >= 0.6 is 23.1 Å². The summed E-state index contributed by atoms with van der Waals surface area (Å²) in [5.74, 6) is 1.83. The zero-order valence-corrected chi connectivity index (χ0v) is 22.1. The quantitative estimate of drug-likeness (QED) is 0.293. The monoisotopic (exact) mass is 523 g/mol. The van der Waals surface area contributed by atoms with Gasteiger partial charge in [-0.2, -0.15) is 5.26 Å². The second-order valence-electron chi connectivity index (χ2n) is 8.35. The summed E-state index contributed by atoms with van der Waals surface area (Å²) in [5, 5.41) is 22.7. The van der Waals surface area contributed by atoms with Gasteiger partial charge in [0.1, 0.15) is 11.1 Å². The van der Waals surface area contributed by atoms with Crippen LogP contribution in [-0.2, 0) is 24.2 Å². The Labute approximate surface area is 219 Å². The van der Waals surface area contributed by atoms with E-state index >= 15 is 0 Å². The number of rotatable bonds is 9. The fourth-order valence-corrected chi connectivity index (χ4v) is 6.30. The average Bonchev–Trinajstić information content (AvgIpc) is 3.42. The number of aryl methyl sites for hydroxylation is 1. The molecule has 0 fully saturated rings. The Morgan fingerprint density at radius 2 is 2.00 bits per heavy atom. The maximum atomic E-state index is 12.9. The van der Waals surface area contributed by atoms with Crippen LogP contribution in [0.25, 0.3) is 11.4 Å². The van der Waals surface area contributed by atoms with E-state index in [9.17, 15) is 10.1 Å². The van der Waals surface area contributed by atoms with E-state index in [4.69, 9.17) is 9.47 Å². The highest BCUT2D eigenvalue weighted by atomic mass is 32.2. The van der Waals surface area contributed by atoms with E-state index < -0.39 is 0 Å². The van der Waals surface area contributed by atoms with Gasteiger partial charge in [-0.25, -0.2) is 0 Å². The van der Waals surface area contributed by atoms with Crippen LogP contribution in [0.4, 0.5) is 5.00 Å². The van der Waals surface area contributed by atoms with E-state index in [1.807, 2.05) is 22.8 Å². The number of benzene rings is 1. The van der Waals surface area contributed by atoms with Gasteiger partial charge in [0, 0.05) is 17.0 Å². The molecule has 3 aromatic rings. The molecular weight excluding hydrogens is 494 g/mol. The van der Waals surface area contributed by atoms with Crippen molar-refractivity contribution in [2.24, 2.45) is 0 Å². The van der Waals surface area contributed by atoms with Crippen LogP contribution in [0.2, 0.25) is 0 Å². The number of hydrogen-bond acceptors (Lipinski definition) is 8. The first kappa shape index (κ1) is 25.8. The molecule has 0 saturated heterocycles. The molecule has 0 unspecified atom stereocenters. The Hall–Kier alpha value is -3.29. The normalized spacial score (nSPS) is 13.1. The van der Waals surface area contributed by atoms with Gasteiger partial charge in [0.25, 0.3) is 0 Å². The van der Waals surface area contributed by atoms with Gasteiger partial charge in [-0.1, -0.05) is 30.7 Å². The topological polar surface area (TPSA) is 102 Å². The molecule has 1 amide bonds. The van der Waals surface area contributed by atoms with Crippen molar-refractivity contribution in [3.63, 3.8) is 0 Å². The number of ether oxygens (including phenoxy) is 2. The Balaban J connectivity index is 1.50. The smallest absolute Gasteiger partial charge is 0.235 e. The molecule has 36 heavy (non-hydrogen) atoms. The van der Waals surface area contributed by atoms with E-state index in [1.165, 1.54) is 29.5 Å². The summed E-state index contributed by atoms with van der Waals surface area (Å²) in [6.07, 6.45) is 8.26. The van der Waals surface area contributed by atoms with Gasteiger partial charge in [-0.3, -0.25) is 9.36 Å². The summed E-state index contributed by atoms with van der Waals surface area (Å²) in [5.41, 5.74) is 2.56. The summed E-state index contributed by atoms with van der Waals surface area (Å²) in [6.45, 7) is 4.33. The Kier molecular flexibility index (Phi) is 8.67. The highest BCUT2D eigenvalue weighted by molar-refractivity contribution is 7.99. The zero-order valence-electron chi connectivity index (χ0n) is 20.5. The summed E-state index contributed by atoms with van der Waals surface area (Å²) in [4.78, 5) is 14.1. The van der Waals surface area contributed by atoms with Gasteiger partial charge in [-0.15, -0.1) is 28.1 Å². The Bertz CT molecular complexity index is 1290. The second kappa shape index (κ2) is 12.1. The first-order valence-electron chi connectivity index (χ1n) is 11.8. The number of carbonyl (C=O) groups excluding carboxylic acids is 1. The summed E-state index contributed by atoms with van der Waals surface area (Å²) in [6, 6.07) is 7.88. The predicted octanol–water partition coefficient (Wildman–Crippen LogP) is 5.47. The fraction of sp³-hybridized carbons (Fsp3) is 0.385. The molecule has 1 aliphatic rings. The molecule has 0 saturated carbocycles. The second-order valence-corrected chi connectivity index (χ2v) is 10.4. The number of nitrogens with zero attached hydrogens (tertiary/aromatic N) is 4. The van der Waals surface area contributed by atoms with Crippen molar-refractivity contribution in [3.8, 4) is 29.0 Å². The van der Waals surface area contributed by atoms with Crippen molar-refractivity contribution in [2.45, 2.75) is 50.2 Å². The molecule has 0 atom stereocenters. The highest BCUT2D eigenvalue weighted by Crippen LogP contribution is 2.37. The highest BCUT2D eigenvalue weighted by Gasteiger charge is 2.21. The third-order valence-electron chi connectivity index (χ3n) is 6.04. The number of aromatic nitrogens is 3. The SMILES string of the molecule is C=CCn1c(SCC(=O)Nc2sc3c(c2C#N)CCCCCC3)nnc1-c1ccc(OC)c(OC)c1. The lowest BCUT2D eigenvalue weighted by Crippen LogP contribution is -2.14. The molecule has 0 radical (unpaired) electrons. The van der Waals surface area contributed by atoms with E-state index in [0.717, 1.165) is 36.8 Å². The third-order valence-corrected chi connectivity index (χ3v) is 8.21. The molecule has 2 aromatic heterocycles. The van der Waals surface area contributed by atoms with E-state index in [0.29, 0.717) is 39.6 Å². The maximum Gasteiger partial charge on any atom is 0.235 e. The average molecular weight is 524 g/mol. The molecule has 2 heterocycles. The molecule has 1 aromatic carbocycles. The van der Waals surface area contributed by atoms with Crippen molar-refractivity contribution < 1.29 is 14.3 Å². The van der Waals surface area contributed by atoms with Crippen LogP contribution in [0.3, 0.4) is 0 Å². The summed E-state index contributed by atoms with van der Waals surface area (Å²) >= 11 is 2.84. The lowest BCUT2D eigenvalue weighted by Gasteiger charge is -2.11. The number of nitrogens with one attached hydrogen (secondary N) is 1. The standard InChI is InChI=1S/C26H29N5O3S2/c1-4-13-31-24(17-11-12-20(33-2)21(14-17)34-3)29-30-26(31)35-16-23(32)28-25-19(15-27)18-9-7-5-6-8-10-22(18)36-25/h4,11-12,14H,1,5-10,13,16H2,2-3H3,(H,28,32). The number of hydrogen-bond donors (Lipinski definition) is 1. The van der Waals surface area contributed by atoms with Crippen LogP contribution in [-0.4, -0.2) is 40.6 Å². The van der Waals surface area contributed by atoms with Crippen LogP contribution in [0.15, 0.2) is 36.0 Å². The van der Waals surface area contributed by atoms with Gasteiger partial charge in [-0.05, 0) is 49.4 Å². The first-order valence-corrected chi connectivity index (χ1v) is 13.6. The molecule has 188 valence electrons. The number of allylic oxidation sites excluding steroid dienone is 1. The number of amides is 1. The predicted molar refractivity (Wildman–Crippen MR) is 143 cm³/mol. The van der Waals surface area contributed by atoms with Crippen molar-refractivity contribution >= 4 is 34.0 Å². The molecule has 1 N–H and O–H groups in total. The van der Waals surface area contributed by atoms with Gasteiger partial charge in [0.05, 0.1) is 25.5 Å². The van der Waals surface area contributed by atoms with Crippen LogP contribution < -0.4 is 14.8 Å². The number of nitriles is 1. The largest absolute Gasteiger partial charge is 0.493 e. The van der Waals surface area contributed by atoms with Crippen molar-refractivity contribution in [1.82, 2.24) is 14.8 Å². The minimum absolute atomic E-state index is 0.147. The molecule has 0 aliphatic heterocycles. The molecule has 10 heteroatoms. The Morgan fingerprint density at radius 3 is 2.72 bits per heavy atom.